The summed E-state index contributed by atoms with van der Waals surface area (Å²) in [4.78, 5) is 3.91. The fraction of sp³-hybridized carbons (Fsp3) is 0.429. The predicted octanol–water partition coefficient (Wildman–Crippen LogP) is -0.373. The van der Waals surface area contributed by atoms with Crippen LogP contribution in [0.2, 0.25) is 0 Å². The van der Waals surface area contributed by atoms with Gasteiger partial charge in [-0.3, -0.25) is 5.41 Å². The zero-order valence-electron chi connectivity index (χ0n) is 7.04. The summed E-state index contributed by atoms with van der Waals surface area (Å²) in [5.41, 5.74) is 0. The van der Waals surface area contributed by atoms with Gasteiger partial charge < -0.3 is 15.2 Å². The van der Waals surface area contributed by atoms with Crippen LogP contribution in [0.3, 0.4) is 0 Å². The van der Waals surface area contributed by atoms with Gasteiger partial charge in [-0.05, 0) is 0 Å². The average molecular weight is 167 g/mol. The van der Waals surface area contributed by atoms with E-state index in [0.717, 1.165) is 13.1 Å². The molecule has 0 aliphatic heterocycles. The van der Waals surface area contributed by atoms with Crippen molar-refractivity contribution in [2.45, 2.75) is 6.54 Å². The quantitative estimate of drug-likeness (QED) is 0.425. The summed E-state index contributed by atoms with van der Waals surface area (Å²) in [5, 5.41) is 12.8. The van der Waals surface area contributed by atoms with E-state index in [1.54, 1.807) is 19.6 Å². The van der Waals surface area contributed by atoms with Crippen molar-refractivity contribution in [1.29, 1.82) is 5.41 Å². The summed E-state index contributed by atoms with van der Waals surface area (Å²) in [6.07, 6.45) is 5.39. The van der Waals surface area contributed by atoms with Crippen LogP contribution < -0.4 is 10.6 Å². The molecule has 0 spiro atoms. The predicted molar refractivity (Wildman–Crippen MR) is 47.0 cm³/mol. The molecule has 0 atom stereocenters. The number of guanidine groups is 1. The average Bonchev–Trinajstić information content (AvgIpc) is 2.57. The largest absolute Gasteiger partial charge is 0.360 e. The van der Waals surface area contributed by atoms with Crippen molar-refractivity contribution in [2.75, 3.05) is 13.6 Å². The topological polar surface area (TPSA) is 65.7 Å². The van der Waals surface area contributed by atoms with Gasteiger partial charge in [-0.1, -0.05) is 0 Å². The maximum Gasteiger partial charge on any atom is 0.188 e. The van der Waals surface area contributed by atoms with Crippen LogP contribution in [0.15, 0.2) is 18.7 Å². The van der Waals surface area contributed by atoms with Gasteiger partial charge in [0.15, 0.2) is 5.96 Å². The van der Waals surface area contributed by atoms with Crippen molar-refractivity contribution in [3.8, 4) is 0 Å². The second kappa shape index (κ2) is 4.38. The van der Waals surface area contributed by atoms with Gasteiger partial charge in [-0.25, -0.2) is 4.98 Å². The molecule has 1 aromatic rings. The minimum absolute atomic E-state index is 0.343. The molecule has 0 unspecified atom stereocenters. The number of imidazole rings is 1. The monoisotopic (exact) mass is 167 g/mol. The molecule has 3 N–H and O–H groups in total. The highest BCUT2D eigenvalue weighted by atomic mass is 15.1. The van der Waals surface area contributed by atoms with Crippen molar-refractivity contribution in [1.82, 2.24) is 20.2 Å². The molecule has 0 fully saturated rings. The van der Waals surface area contributed by atoms with Crippen molar-refractivity contribution in [2.24, 2.45) is 0 Å². The van der Waals surface area contributed by atoms with Gasteiger partial charge in [0.1, 0.15) is 0 Å². The maximum atomic E-state index is 7.22. The smallest absolute Gasteiger partial charge is 0.188 e. The third kappa shape index (κ3) is 2.61. The number of rotatable bonds is 3. The first-order valence-electron chi connectivity index (χ1n) is 3.79. The van der Waals surface area contributed by atoms with Crippen LogP contribution in [-0.2, 0) is 6.54 Å². The Morgan fingerprint density at radius 3 is 3.08 bits per heavy atom. The van der Waals surface area contributed by atoms with Crippen molar-refractivity contribution in [3.63, 3.8) is 0 Å². The molecule has 12 heavy (non-hydrogen) atoms. The van der Waals surface area contributed by atoms with Crippen molar-refractivity contribution < 1.29 is 0 Å². The molecule has 0 aliphatic rings. The second-order valence-electron chi connectivity index (χ2n) is 2.35. The van der Waals surface area contributed by atoms with E-state index in [1.165, 1.54) is 0 Å². The summed E-state index contributed by atoms with van der Waals surface area (Å²) in [7, 11) is 1.71. The van der Waals surface area contributed by atoms with Gasteiger partial charge in [0.25, 0.3) is 0 Å². The van der Waals surface area contributed by atoms with E-state index < -0.39 is 0 Å². The van der Waals surface area contributed by atoms with E-state index in [2.05, 4.69) is 15.6 Å². The Morgan fingerprint density at radius 2 is 2.50 bits per heavy atom. The van der Waals surface area contributed by atoms with E-state index in [1.807, 2.05) is 10.8 Å². The first-order valence-corrected chi connectivity index (χ1v) is 3.79. The Bertz CT molecular complexity index is 228. The van der Waals surface area contributed by atoms with E-state index in [-0.39, 0.29) is 0 Å². The van der Waals surface area contributed by atoms with Crippen molar-refractivity contribution >= 4 is 5.96 Å². The van der Waals surface area contributed by atoms with E-state index in [4.69, 9.17) is 5.41 Å². The van der Waals surface area contributed by atoms with Crippen LogP contribution in [-0.4, -0.2) is 29.1 Å². The minimum Gasteiger partial charge on any atom is -0.360 e. The summed E-state index contributed by atoms with van der Waals surface area (Å²) >= 11 is 0. The highest BCUT2D eigenvalue weighted by Crippen LogP contribution is 1.82. The zero-order chi connectivity index (χ0) is 8.81. The molecule has 0 radical (unpaired) electrons. The zero-order valence-corrected chi connectivity index (χ0v) is 7.04. The number of hydrogen-bond acceptors (Lipinski definition) is 2. The van der Waals surface area contributed by atoms with Crippen LogP contribution >= 0.6 is 0 Å². The summed E-state index contributed by atoms with van der Waals surface area (Å²) in [5.74, 6) is 0.343. The van der Waals surface area contributed by atoms with E-state index in [0.29, 0.717) is 5.96 Å². The molecule has 0 saturated heterocycles. The Balaban J connectivity index is 2.15. The third-order valence-corrected chi connectivity index (χ3v) is 1.48. The lowest BCUT2D eigenvalue weighted by Gasteiger charge is -2.06. The molecule has 0 saturated carbocycles. The van der Waals surface area contributed by atoms with Crippen LogP contribution in [0, 0.1) is 5.41 Å². The lowest BCUT2D eigenvalue weighted by molar-refractivity contribution is 0.665. The molecule has 1 heterocycles. The second-order valence-corrected chi connectivity index (χ2v) is 2.35. The Kier molecular flexibility index (Phi) is 3.13. The number of nitrogens with zero attached hydrogens (tertiary/aromatic N) is 2. The number of nitrogens with one attached hydrogen (secondary N) is 3. The number of aromatic nitrogens is 2. The number of hydrogen-bond donors (Lipinski definition) is 3. The molecule has 1 rings (SSSR count). The SMILES string of the molecule is CNC(=N)NCCn1ccnc1. The Morgan fingerprint density at radius 1 is 1.67 bits per heavy atom. The van der Waals surface area contributed by atoms with Crippen LogP contribution in [0.4, 0.5) is 0 Å². The normalized spacial score (nSPS) is 9.42. The molecule has 0 amide bonds. The summed E-state index contributed by atoms with van der Waals surface area (Å²) in [6, 6.07) is 0. The molecular formula is C7H13N5. The highest BCUT2D eigenvalue weighted by molar-refractivity contribution is 5.75. The molecule has 66 valence electrons. The molecule has 5 heteroatoms. The van der Waals surface area contributed by atoms with Gasteiger partial charge in [-0.15, -0.1) is 0 Å². The standard InChI is InChI=1S/C7H13N5/c1-9-7(8)11-3-5-12-4-2-10-6-12/h2,4,6H,3,5H2,1H3,(H3,8,9,11). The van der Waals surface area contributed by atoms with E-state index in [9.17, 15) is 0 Å². The first kappa shape index (κ1) is 8.58. The van der Waals surface area contributed by atoms with E-state index >= 15 is 0 Å². The summed E-state index contributed by atoms with van der Waals surface area (Å²) < 4.78 is 1.95. The van der Waals surface area contributed by atoms with Gasteiger partial charge >= 0.3 is 0 Å². The fourth-order valence-electron chi connectivity index (χ4n) is 0.817. The molecule has 0 bridgehead atoms. The van der Waals surface area contributed by atoms with Crippen LogP contribution in [0.1, 0.15) is 0 Å². The summed E-state index contributed by atoms with van der Waals surface area (Å²) in [6.45, 7) is 1.56. The Hall–Kier alpha value is -1.52. The van der Waals surface area contributed by atoms with Gasteiger partial charge in [-0.2, -0.15) is 0 Å². The van der Waals surface area contributed by atoms with Gasteiger partial charge in [0.05, 0.1) is 6.33 Å². The Labute approximate surface area is 71.3 Å². The molecule has 5 nitrogen and oxygen atoms in total. The molecule has 0 aromatic carbocycles. The fourth-order valence-corrected chi connectivity index (χ4v) is 0.817. The molecular weight excluding hydrogens is 154 g/mol. The highest BCUT2D eigenvalue weighted by Gasteiger charge is 1.91. The lowest BCUT2D eigenvalue weighted by atomic mass is 10.6. The van der Waals surface area contributed by atoms with Crippen molar-refractivity contribution in [3.05, 3.63) is 18.7 Å². The van der Waals surface area contributed by atoms with Gasteiger partial charge in [0.2, 0.25) is 0 Å². The molecule has 1 aromatic heterocycles. The van der Waals surface area contributed by atoms with Gasteiger partial charge in [0, 0.05) is 32.5 Å². The maximum absolute atomic E-state index is 7.22. The lowest BCUT2D eigenvalue weighted by Crippen LogP contribution is -2.35. The minimum atomic E-state index is 0.343. The van der Waals surface area contributed by atoms with Crippen LogP contribution in [0.5, 0.6) is 0 Å². The first-order chi connectivity index (χ1) is 5.83. The third-order valence-electron chi connectivity index (χ3n) is 1.48. The van der Waals surface area contributed by atoms with Crippen LogP contribution in [0.25, 0.3) is 0 Å². The molecule has 0 aliphatic carbocycles.